The highest BCUT2D eigenvalue weighted by Crippen LogP contribution is 2.24. The van der Waals surface area contributed by atoms with Crippen molar-refractivity contribution >= 4 is 0 Å². The molecule has 1 unspecified atom stereocenters. The molecule has 0 fully saturated rings. The summed E-state index contributed by atoms with van der Waals surface area (Å²) in [6.45, 7) is 1.84. The van der Waals surface area contributed by atoms with Gasteiger partial charge >= 0.3 is 0 Å². The van der Waals surface area contributed by atoms with E-state index in [9.17, 15) is 8.78 Å². The summed E-state index contributed by atoms with van der Waals surface area (Å²) < 4.78 is 26.4. The van der Waals surface area contributed by atoms with Gasteiger partial charge in [-0.05, 0) is 30.5 Å². The van der Waals surface area contributed by atoms with Crippen LogP contribution < -0.4 is 5.73 Å². The predicted molar refractivity (Wildman–Crippen MR) is 68.0 cm³/mol. The molecule has 0 amide bonds. The van der Waals surface area contributed by atoms with E-state index in [-0.39, 0.29) is 0 Å². The van der Waals surface area contributed by atoms with Crippen LogP contribution in [0.1, 0.15) is 18.1 Å². The molecule has 0 aromatic heterocycles. The zero-order valence-electron chi connectivity index (χ0n) is 10.2. The zero-order chi connectivity index (χ0) is 13.2. The molecule has 2 aromatic rings. The lowest BCUT2D eigenvalue weighted by molar-refractivity contribution is 0.472. The van der Waals surface area contributed by atoms with Gasteiger partial charge in [0.05, 0.1) is 0 Å². The largest absolute Gasteiger partial charge is 0.321 e. The highest BCUT2D eigenvalue weighted by atomic mass is 19.1. The average molecular weight is 247 g/mol. The molecule has 2 N–H and O–H groups in total. The van der Waals surface area contributed by atoms with Gasteiger partial charge in [0, 0.05) is 11.6 Å². The van der Waals surface area contributed by atoms with E-state index in [0.717, 1.165) is 11.6 Å². The summed E-state index contributed by atoms with van der Waals surface area (Å²) in [6.07, 6.45) is 0.323. The van der Waals surface area contributed by atoms with Crippen LogP contribution in [-0.4, -0.2) is 0 Å². The topological polar surface area (TPSA) is 26.0 Å². The van der Waals surface area contributed by atoms with Gasteiger partial charge in [0.15, 0.2) is 0 Å². The second-order valence-electron chi connectivity index (χ2n) is 4.70. The Hall–Kier alpha value is -1.74. The first-order valence-corrected chi connectivity index (χ1v) is 5.77. The van der Waals surface area contributed by atoms with Gasteiger partial charge in [-0.25, -0.2) is 8.78 Å². The van der Waals surface area contributed by atoms with Gasteiger partial charge in [0.2, 0.25) is 0 Å². The van der Waals surface area contributed by atoms with E-state index in [1.54, 1.807) is 0 Å². The van der Waals surface area contributed by atoms with Gasteiger partial charge < -0.3 is 5.73 Å². The second kappa shape index (κ2) is 4.86. The van der Waals surface area contributed by atoms with Crippen molar-refractivity contribution in [2.75, 3.05) is 0 Å². The molecule has 94 valence electrons. The van der Waals surface area contributed by atoms with Crippen LogP contribution in [0.3, 0.4) is 0 Å². The molecule has 0 spiro atoms. The van der Waals surface area contributed by atoms with Crippen molar-refractivity contribution in [1.29, 1.82) is 0 Å². The van der Waals surface area contributed by atoms with Gasteiger partial charge in [-0.15, -0.1) is 0 Å². The van der Waals surface area contributed by atoms with Crippen molar-refractivity contribution in [3.05, 3.63) is 71.3 Å². The number of halogens is 2. The van der Waals surface area contributed by atoms with Gasteiger partial charge in [0.25, 0.3) is 0 Å². The Morgan fingerprint density at radius 1 is 1.06 bits per heavy atom. The molecule has 1 atom stereocenters. The summed E-state index contributed by atoms with van der Waals surface area (Å²) in [4.78, 5) is 0. The third-order valence-corrected chi connectivity index (χ3v) is 3.01. The van der Waals surface area contributed by atoms with Crippen molar-refractivity contribution in [2.24, 2.45) is 5.73 Å². The van der Waals surface area contributed by atoms with Crippen LogP contribution >= 0.6 is 0 Å². The minimum atomic E-state index is -0.681. The predicted octanol–water partition coefficient (Wildman–Crippen LogP) is 3.38. The first-order chi connectivity index (χ1) is 8.49. The van der Waals surface area contributed by atoms with Crippen LogP contribution in [0, 0.1) is 11.6 Å². The molecule has 0 saturated carbocycles. The van der Waals surface area contributed by atoms with Gasteiger partial charge in [-0.3, -0.25) is 0 Å². The lowest BCUT2D eigenvalue weighted by Crippen LogP contribution is -2.35. The molecule has 0 saturated heterocycles. The van der Waals surface area contributed by atoms with E-state index in [0.29, 0.717) is 12.0 Å². The average Bonchev–Trinajstić information content (AvgIpc) is 2.34. The van der Waals surface area contributed by atoms with Crippen LogP contribution in [0.15, 0.2) is 48.5 Å². The summed E-state index contributed by atoms with van der Waals surface area (Å²) in [5, 5.41) is 0. The Balaban J connectivity index is 2.28. The standard InChI is InChI=1S/C15H15F2N/c1-15(18,12-5-3-2-4-6-12)10-11-7-8-13(16)9-14(11)17/h2-9H,10,18H2,1H3. The molecule has 2 rings (SSSR count). The lowest BCUT2D eigenvalue weighted by atomic mass is 9.86. The van der Waals surface area contributed by atoms with Crippen molar-refractivity contribution in [2.45, 2.75) is 18.9 Å². The highest BCUT2D eigenvalue weighted by Gasteiger charge is 2.23. The lowest BCUT2D eigenvalue weighted by Gasteiger charge is -2.25. The Morgan fingerprint density at radius 2 is 1.72 bits per heavy atom. The monoisotopic (exact) mass is 247 g/mol. The minimum absolute atomic E-state index is 0.323. The second-order valence-corrected chi connectivity index (χ2v) is 4.70. The number of rotatable bonds is 3. The van der Waals surface area contributed by atoms with E-state index in [2.05, 4.69) is 0 Å². The molecule has 0 aliphatic carbocycles. The Kier molecular flexibility index (Phi) is 3.43. The normalized spacial score (nSPS) is 14.2. The summed E-state index contributed by atoms with van der Waals surface area (Å²) in [6, 6.07) is 13.1. The summed E-state index contributed by atoms with van der Waals surface area (Å²) in [5.74, 6) is -1.13. The molecular weight excluding hydrogens is 232 g/mol. The summed E-state index contributed by atoms with van der Waals surface area (Å²) >= 11 is 0. The minimum Gasteiger partial charge on any atom is -0.321 e. The maximum atomic E-state index is 13.6. The Bertz CT molecular complexity index is 535. The number of nitrogens with two attached hydrogens (primary N) is 1. The SMILES string of the molecule is CC(N)(Cc1ccc(F)cc1F)c1ccccc1. The molecule has 0 bridgehead atoms. The molecular formula is C15H15F2N. The van der Waals surface area contributed by atoms with Crippen LogP contribution in [0.25, 0.3) is 0 Å². The van der Waals surface area contributed by atoms with Crippen LogP contribution in [-0.2, 0) is 12.0 Å². The van der Waals surface area contributed by atoms with E-state index in [1.807, 2.05) is 37.3 Å². The van der Waals surface area contributed by atoms with Crippen LogP contribution in [0.5, 0.6) is 0 Å². The Labute approximate surface area is 105 Å². The quantitative estimate of drug-likeness (QED) is 0.884. The van der Waals surface area contributed by atoms with Crippen molar-refractivity contribution in [3.8, 4) is 0 Å². The van der Waals surface area contributed by atoms with E-state index in [4.69, 9.17) is 5.73 Å². The van der Waals surface area contributed by atoms with E-state index >= 15 is 0 Å². The maximum Gasteiger partial charge on any atom is 0.129 e. The fraction of sp³-hybridized carbons (Fsp3) is 0.200. The van der Waals surface area contributed by atoms with Gasteiger partial charge in [-0.1, -0.05) is 36.4 Å². The third kappa shape index (κ3) is 2.74. The Morgan fingerprint density at radius 3 is 2.33 bits per heavy atom. The van der Waals surface area contributed by atoms with Gasteiger partial charge in [0.1, 0.15) is 11.6 Å². The molecule has 0 aliphatic rings. The zero-order valence-corrected chi connectivity index (χ0v) is 10.2. The van der Waals surface area contributed by atoms with Crippen LogP contribution in [0.2, 0.25) is 0 Å². The molecule has 18 heavy (non-hydrogen) atoms. The van der Waals surface area contributed by atoms with E-state index < -0.39 is 17.2 Å². The first kappa shape index (κ1) is 12.7. The number of benzene rings is 2. The van der Waals surface area contributed by atoms with Crippen molar-refractivity contribution in [1.82, 2.24) is 0 Å². The van der Waals surface area contributed by atoms with E-state index in [1.165, 1.54) is 12.1 Å². The fourth-order valence-corrected chi connectivity index (χ4v) is 1.98. The van der Waals surface area contributed by atoms with Crippen molar-refractivity contribution in [3.63, 3.8) is 0 Å². The molecule has 3 heteroatoms. The third-order valence-electron chi connectivity index (χ3n) is 3.01. The fourth-order valence-electron chi connectivity index (χ4n) is 1.98. The highest BCUT2D eigenvalue weighted by molar-refractivity contribution is 5.28. The summed E-state index contributed by atoms with van der Waals surface area (Å²) in [7, 11) is 0. The molecule has 0 aliphatic heterocycles. The smallest absolute Gasteiger partial charge is 0.129 e. The number of hydrogen-bond acceptors (Lipinski definition) is 1. The van der Waals surface area contributed by atoms with Crippen LogP contribution in [0.4, 0.5) is 8.78 Å². The maximum absolute atomic E-state index is 13.6. The molecule has 2 aromatic carbocycles. The van der Waals surface area contributed by atoms with Gasteiger partial charge in [-0.2, -0.15) is 0 Å². The molecule has 0 heterocycles. The molecule has 1 nitrogen and oxygen atoms in total. The summed E-state index contributed by atoms with van der Waals surface area (Å²) in [5.41, 5.74) is 6.88. The number of hydrogen-bond donors (Lipinski definition) is 1. The van der Waals surface area contributed by atoms with Crippen molar-refractivity contribution < 1.29 is 8.78 Å². The first-order valence-electron chi connectivity index (χ1n) is 5.77. The molecule has 0 radical (unpaired) electrons.